The molecule has 2 aliphatic rings. The summed E-state index contributed by atoms with van der Waals surface area (Å²) in [6, 6.07) is 14.9. The lowest BCUT2D eigenvalue weighted by molar-refractivity contribution is -0.149. The first kappa shape index (κ1) is 25.1. The number of likely N-dealkylation sites (tertiary alicyclic amines) is 1. The van der Waals surface area contributed by atoms with Gasteiger partial charge in [0.2, 0.25) is 0 Å². The predicted molar refractivity (Wildman–Crippen MR) is 134 cm³/mol. The normalized spacial score (nSPS) is 17.3. The van der Waals surface area contributed by atoms with Gasteiger partial charge in [0.1, 0.15) is 19.3 Å². The van der Waals surface area contributed by atoms with Crippen LogP contribution in [0.1, 0.15) is 30.1 Å². The molecule has 2 aliphatic heterocycles. The molecule has 1 amide bonds. The van der Waals surface area contributed by atoms with Crippen molar-refractivity contribution in [3.63, 3.8) is 0 Å². The second kappa shape index (κ2) is 10.8. The number of benzene rings is 2. The maximum absolute atomic E-state index is 15.3. The number of amides is 1. The van der Waals surface area contributed by atoms with Crippen LogP contribution < -0.4 is 14.8 Å². The zero-order valence-corrected chi connectivity index (χ0v) is 20.3. The van der Waals surface area contributed by atoms with Crippen LogP contribution in [0.25, 0.3) is 11.3 Å². The highest BCUT2D eigenvalue weighted by Gasteiger charge is 2.43. The Balaban J connectivity index is 1.35. The highest BCUT2D eigenvalue weighted by atomic mass is 19.3. The number of rotatable bonds is 8. The summed E-state index contributed by atoms with van der Waals surface area (Å²) >= 11 is 0. The molecule has 1 saturated heterocycles. The molecule has 1 fully saturated rings. The monoisotopic (exact) mass is 509 g/mol. The van der Waals surface area contributed by atoms with E-state index in [0.717, 1.165) is 25.9 Å². The Morgan fingerprint density at radius 2 is 1.76 bits per heavy atom. The van der Waals surface area contributed by atoms with E-state index in [1.807, 2.05) is 6.07 Å². The summed E-state index contributed by atoms with van der Waals surface area (Å²) in [6.07, 6.45) is 2.38. The molecule has 1 aromatic heterocycles. The topological polar surface area (TPSA) is 83.9 Å². The molecular weight excluding hydrogens is 480 g/mol. The molecule has 5 rings (SSSR count). The van der Waals surface area contributed by atoms with Crippen LogP contribution in [0, 0.1) is 0 Å². The summed E-state index contributed by atoms with van der Waals surface area (Å²) in [6.45, 7) is 2.62. The van der Waals surface area contributed by atoms with Gasteiger partial charge in [-0.25, -0.2) is 0 Å². The number of pyridine rings is 1. The summed E-state index contributed by atoms with van der Waals surface area (Å²) < 4.78 is 41.7. The van der Waals surface area contributed by atoms with Crippen molar-refractivity contribution >= 4 is 5.91 Å². The van der Waals surface area contributed by atoms with Crippen LogP contribution in [-0.4, -0.2) is 59.8 Å². The number of hydrogen-bond donors (Lipinski definition) is 2. The van der Waals surface area contributed by atoms with E-state index in [0.29, 0.717) is 41.5 Å². The number of nitrogens with one attached hydrogen (secondary N) is 1. The number of carbonyl (C=O) groups excluding carboxylic acids is 1. The SMILES string of the molecule is O=C(N[C@H](CN1CCCC1)[C@H](O)c1ccc2c(c1)OCCO2)C(F)(F)c1ccc(-c2ccccn2)cc1. The van der Waals surface area contributed by atoms with E-state index < -0.39 is 29.5 Å². The molecule has 0 aliphatic carbocycles. The molecule has 2 N–H and O–H groups in total. The first-order chi connectivity index (χ1) is 17.9. The lowest BCUT2D eigenvalue weighted by Crippen LogP contribution is -2.50. The van der Waals surface area contributed by atoms with Crippen molar-refractivity contribution in [1.29, 1.82) is 0 Å². The number of carbonyl (C=O) groups is 1. The largest absolute Gasteiger partial charge is 0.486 e. The third-order valence-electron chi connectivity index (χ3n) is 6.75. The molecule has 0 radical (unpaired) electrons. The second-order valence-corrected chi connectivity index (χ2v) is 9.30. The number of halogens is 2. The molecule has 3 heterocycles. The Morgan fingerprint density at radius 1 is 1.03 bits per heavy atom. The number of aliphatic hydroxyl groups excluding tert-OH is 1. The van der Waals surface area contributed by atoms with Crippen LogP contribution in [0.2, 0.25) is 0 Å². The van der Waals surface area contributed by atoms with Crippen molar-refractivity contribution in [3.05, 3.63) is 78.0 Å². The first-order valence-corrected chi connectivity index (χ1v) is 12.4. The first-order valence-electron chi connectivity index (χ1n) is 12.4. The minimum atomic E-state index is -3.79. The van der Waals surface area contributed by atoms with E-state index in [2.05, 4.69) is 15.2 Å². The quantitative estimate of drug-likeness (QED) is 0.479. The van der Waals surface area contributed by atoms with Gasteiger partial charge in [-0.1, -0.05) is 36.4 Å². The molecule has 0 spiro atoms. The number of hydrogen-bond acceptors (Lipinski definition) is 6. The molecule has 37 heavy (non-hydrogen) atoms. The highest BCUT2D eigenvalue weighted by molar-refractivity contribution is 5.85. The van der Waals surface area contributed by atoms with Crippen LogP contribution in [0.5, 0.6) is 11.5 Å². The Bertz CT molecular complexity index is 1220. The summed E-state index contributed by atoms with van der Waals surface area (Å²) in [7, 11) is 0. The lowest BCUT2D eigenvalue weighted by Gasteiger charge is -2.30. The molecule has 0 bridgehead atoms. The summed E-state index contributed by atoms with van der Waals surface area (Å²) in [4.78, 5) is 19.2. The summed E-state index contributed by atoms with van der Waals surface area (Å²) in [5.41, 5.74) is 1.34. The Labute approximate surface area is 214 Å². The molecule has 0 unspecified atom stereocenters. The number of alkyl halides is 2. The molecule has 2 aromatic carbocycles. The fourth-order valence-corrected chi connectivity index (χ4v) is 4.72. The minimum Gasteiger partial charge on any atom is -0.486 e. The summed E-state index contributed by atoms with van der Waals surface area (Å²) in [5, 5.41) is 13.6. The Kier molecular flexibility index (Phi) is 7.34. The van der Waals surface area contributed by atoms with Crippen molar-refractivity contribution in [2.24, 2.45) is 0 Å². The standard InChI is InChI=1S/C28H29F2N3O4/c29-28(30,21-9-6-19(7-10-21)22-5-1-2-12-31-22)27(35)32-23(18-33-13-3-4-14-33)26(34)20-8-11-24-25(17-20)37-16-15-36-24/h1-2,5-12,17,23,26,34H,3-4,13-16,18H2,(H,32,35)/t23-,26-/m1/s1. The van der Waals surface area contributed by atoms with E-state index in [1.54, 1.807) is 36.5 Å². The van der Waals surface area contributed by atoms with Crippen LogP contribution in [-0.2, 0) is 10.7 Å². The molecule has 7 nitrogen and oxygen atoms in total. The van der Waals surface area contributed by atoms with Gasteiger partial charge >= 0.3 is 5.92 Å². The molecule has 194 valence electrons. The van der Waals surface area contributed by atoms with Crippen LogP contribution in [0.3, 0.4) is 0 Å². The fourth-order valence-electron chi connectivity index (χ4n) is 4.72. The van der Waals surface area contributed by atoms with Crippen molar-refractivity contribution < 1.29 is 28.2 Å². The van der Waals surface area contributed by atoms with Gasteiger partial charge in [-0.3, -0.25) is 9.78 Å². The zero-order valence-electron chi connectivity index (χ0n) is 20.3. The molecule has 3 aromatic rings. The van der Waals surface area contributed by atoms with Crippen molar-refractivity contribution in [1.82, 2.24) is 15.2 Å². The van der Waals surface area contributed by atoms with Crippen molar-refractivity contribution in [2.75, 3.05) is 32.8 Å². The third-order valence-corrected chi connectivity index (χ3v) is 6.75. The summed E-state index contributed by atoms with van der Waals surface area (Å²) in [5.74, 6) is -4.22. The van der Waals surface area contributed by atoms with Gasteiger partial charge in [0.25, 0.3) is 5.91 Å². The maximum atomic E-state index is 15.3. The second-order valence-electron chi connectivity index (χ2n) is 9.30. The lowest BCUT2D eigenvalue weighted by atomic mass is 9.99. The van der Waals surface area contributed by atoms with Gasteiger partial charge in [0.15, 0.2) is 11.5 Å². The van der Waals surface area contributed by atoms with Gasteiger partial charge in [-0.05, 0) is 55.8 Å². The smallest absolute Gasteiger partial charge is 0.349 e. The number of aromatic nitrogens is 1. The van der Waals surface area contributed by atoms with Crippen LogP contribution >= 0.6 is 0 Å². The van der Waals surface area contributed by atoms with E-state index >= 15 is 8.78 Å². The van der Waals surface area contributed by atoms with Gasteiger partial charge in [0, 0.05) is 23.9 Å². The molecule has 0 saturated carbocycles. The van der Waals surface area contributed by atoms with E-state index in [9.17, 15) is 9.90 Å². The average Bonchev–Trinajstić information content (AvgIpc) is 3.45. The van der Waals surface area contributed by atoms with Gasteiger partial charge in [-0.2, -0.15) is 8.78 Å². The number of fused-ring (bicyclic) bond motifs is 1. The molecular formula is C28H29F2N3O4. The third kappa shape index (κ3) is 5.57. The van der Waals surface area contributed by atoms with E-state index in [1.165, 1.54) is 24.3 Å². The number of ether oxygens (including phenoxy) is 2. The van der Waals surface area contributed by atoms with E-state index in [-0.39, 0.29) is 6.54 Å². The van der Waals surface area contributed by atoms with Crippen LogP contribution in [0.4, 0.5) is 8.78 Å². The van der Waals surface area contributed by atoms with Crippen molar-refractivity contribution in [2.45, 2.75) is 30.9 Å². The highest BCUT2D eigenvalue weighted by Crippen LogP contribution is 2.35. The van der Waals surface area contributed by atoms with Gasteiger partial charge in [0.05, 0.1) is 11.7 Å². The maximum Gasteiger partial charge on any atom is 0.349 e. The average molecular weight is 510 g/mol. The van der Waals surface area contributed by atoms with Crippen molar-refractivity contribution in [3.8, 4) is 22.8 Å². The van der Waals surface area contributed by atoms with Gasteiger partial charge < -0.3 is 24.8 Å². The van der Waals surface area contributed by atoms with Crippen LogP contribution in [0.15, 0.2) is 66.9 Å². The molecule has 2 atom stereocenters. The van der Waals surface area contributed by atoms with Gasteiger partial charge in [-0.15, -0.1) is 0 Å². The Hall–Kier alpha value is -3.56. The number of nitrogens with zero attached hydrogens (tertiary/aromatic N) is 2. The predicted octanol–water partition coefficient (Wildman–Crippen LogP) is 3.93. The van der Waals surface area contributed by atoms with E-state index in [4.69, 9.17) is 9.47 Å². The number of aliphatic hydroxyl groups is 1. The Morgan fingerprint density at radius 3 is 2.46 bits per heavy atom. The fraction of sp³-hybridized carbons (Fsp3) is 0.357. The zero-order chi connectivity index (χ0) is 25.8. The minimum absolute atomic E-state index is 0.246. The molecule has 9 heteroatoms.